The number of para-hydroxylation sites is 2. The zero-order valence-corrected chi connectivity index (χ0v) is 21.0. The zero-order chi connectivity index (χ0) is 23.0. The van der Waals surface area contributed by atoms with Gasteiger partial charge in [0, 0.05) is 0 Å². The van der Waals surface area contributed by atoms with Crippen LogP contribution >= 0.6 is 13.9 Å². The van der Waals surface area contributed by atoms with Gasteiger partial charge in [0.05, 0.1) is 0 Å². The molecule has 11 rings (SSSR count). The number of aromatic nitrogens is 1. The van der Waals surface area contributed by atoms with Crippen molar-refractivity contribution in [2.24, 2.45) is 4.52 Å². The first-order valence-corrected chi connectivity index (χ1v) is 16.7. The molecule has 3 nitrogen and oxygen atoms in total. The molecule has 4 saturated heterocycles. The van der Waals surface area contributed by atoms with Crippen LogP contribution in [0.4, 0.5) is 0 Å². The van der Waals surface area contributed by atoms with Crippen LogP contribution in [-0.4, -0.2) is 50.8 Å². The molecule has 4 aromatic carbocycles. The van der Waals surface area contributed by atoms with Crippen molar-refractivity contribution >= 4 is 104 Å². The molecule has 0 atom stereocenters. The number of hydrogen-bond acceptors (Lipinski definition) is 2. The van der Waals surface area contributed by atoms with Gasteiger partial charge in [0.1, 0.15) is 0 Å². The van der Waals surface area contributed by atoms with Crippen LogP contribution in [0.1, 0.15) is 0 Å². The van der Waals surface area contributed by atoms with Crippen LogP contribution in [0.3, 0.4) is 0 Å². The predicted molar refractivity (Wildman–Crippen MR) is 162 cm³/mol. The van der Waals surface area contributed by atoms with Crippen LogP contribution < -0.4 is 26.4 Å². The first-order valence-electron chi connectivity index (χ1n) is 12.8. The summed E-state index contributed by atoms with van der Waals surface area (Å²) >= 11 is 0. The van der Waals surface area contributed by atoms with Gasteiger partial charge in [0.2, 0.25) is 0 Å². The molecule has 12 heteroatoms. The summed E-state index contributed by atoms with van der Waals surface area (Å²) in [6.07, 6.45) is 0.0339. The van der Waals surface area contributed by atoms with Gasteiger partial charge in [-0.15, -0.1) is 0 Å². The summed E-state index contributed by atoms with van der Waals surface area (Å²) in [4.78, 5) is 0. The second-order valence-corrected chi connectivity index (χ2v) is 18.1. The zero-order valence-electron chi connectivity index (χ0n) is 19.2. The normalized spacial score (nSPS) is 21.9. The maximum atomic E-state index is 6.47. The van der Waals surface area contributed by atoms with Gasteiger partial charge in [-0.25, -0.2) is 0 Å². The van der Waals surface area contributed by atoms with Crippen LogP contribution in [0.25, 0.3) is 27.5 Å². The van der Waals surface area contributed by atoms with Crippen molar-refractivity contribution in [3.8, 4) is 17.2 Å². The molecule has 7 heterocycles. The Labute approximate surface area is 212 Å². The van der Waals surface area contributed by atoms with Crippen molar-refractivity contribution in [1.29, 1.82) is 0 Å². The topological polar surface area (TPSA) is 26.5 Å². The van der Waals surface area contributed by atoms with Gasteiger partial charge in [0.15, 0.2) is 0 Å². The average molecular weight is 483 g/mol. The van der Waals surface area contributed by atoms with Gasteiger partial charge >= 0.3 is 213 Å². The number of ether oxygens (including phenoxy) is 1. The van der Waals surface area contributed by atoms with E-state index in [4.69, 9.17) is 9.25 Å². The molecule has 5 aromatic rings. The Morgan fingerprint density at radius 1 is 0.889 bits per heavy atom. The van der Waals surface area contributed by atoms with Gasteiger partial charge in [-0.3, -0.25) is 0 Å². The number of fused-ring (bicyclic) bond motifs is 9. The predicted octanol–water partition coefficient (Wildman–Crippen LogP) is 2.51. The van der Waals surface area contributed by atoms with E-state index in [1.54, 1.807) is 0 Å². The summed E-state index contributed by atoms with van der Waals surface area (Å²) in [5, 5.41) is 4.35. The first-order chi connectivity index (χ1) is 17.8. The summed E-state index contributed by atoms with van der Waals surface area (Å²) in [6.45, 7) is 5.44. The molecule has 4 fully saturated rings. The van der Waals surface area contributed by atoms with Gasteiger partial charge < -0.3 is 0 Å². The van der Waals surface area contributed by atoms with Crippen molar-refractivity contribution in [3.63, 3.8) is 0 Å². The molecule has 0 spiro atoms. The minimum absolute atomic E-state index is 0.102. The molecule has 0 unspecified atom stereocenters. The third-order valence-electron chi connectivity index (χ3n) is 9.49. The Morgan fingerprint density at radius 3 is 2.53 bits per heavy atom. The molecule has 5 radical (unpaired) electrons. The van der Waals surface area contributed by atoms with Crippen LogP contribution in [0.2, 0.25) is 0 Å². The molecular weight excluding hydrogens is 470 g/mol. The third-order valence-corrected chi connectivity index (χ3v) is 18.0. The molecule has 0 aliphatic carbocycles. The summed E-state index contributed by atoms with van der Waals surface area (Å²) in [7, 11) is 2.39. The standard InChI is InChI=1S/C24H13B7N2OP2/c1-3-8-17-14(6-1)22-21(36(26-29(36)27-36)32-35-30-25-31(30)35)13-12-16-24(22)33(17)18-9-5-11-20-23(18)28(16)15-7-2-4-10-19(15)34-20/h1-13H/q-1. The fraction of sp³-hybridized carbons (Fsp3) is 0. The van der Waals surface area contributed by atoms with E-state index in [0.717, 1.165) is 23.9 Å². The molecule has 0 saturated carbocycles. The molecule has 6 aliphatic rings. The van der Waals surface area contributed by atoms with Gasteiger partial charge in [-0.1, -0.05) is 0 Å². The van der Waals surface area contributed by atoms with E-state index in [-0.39, 0.29) is 14.2 Å². The summed E-state index contributed by atoms with van der Waals surface area (Å²) in [5.41, 5.74) is 7.88. The van der Waals surface area contributed by atoms with Crippen LogP contribution in [0.15, 0.2) is 83.4 Å². The van der Waals surface area contributed by atoms with E-state index >= 15 is 0 Å². The van der Waals surface area contributed by atoms with E-state index in [1.165, 1.54) is 49.2 Å². The Bertz CT molecular complexity index is 1980. The Morgan fingerprint density at radius 2 is 1.69 bits per heavy atom. The van der Waals surface area contributed by atoms with Gasteiger partial charge in [-0.05, 0) is 0 Å². The molecule has 0 amide bonds. The summed E-state index contributed by atoms with van der Waals surface area (Å²) < 4.78 is 14.7. The third kappa shape index (κ3) is 1.89. The van der Waals surface area contributed by atoms with Crippen LogP contribution in [0, 0.1) is 0 Å². The average Bonchev–Trinajstić information content (AvgIpc) is 3.81. The van der Waals surface area contributed by atoms with E-state index in [0.29, 0.717) is 6.21 Å². The Hall–Kier alpha value is -2.54. The van der Waals surface area contributed by atoms with Crippen LogP contribution in [0.5, 0.6) is 11.5 Å². The Kier molecular flexibility index (Phi) is 2.85. The number of hydrogen-bond donors (Lipinski definition) is 0. The molecule has 36 heavy (non-hydrogen) atoms. The van der Waals surface area contributed by atoms with E-state index in [2.05, 4.69) is 104 Å². The fourth-order valence-electron chi connectivity index (χ4n) is 7.37. The molecule has 0 N–H and O–H groups in total. The van der Waals surface area contributed by atoms with Crippen molar-refractivity contribution in [2.45, 2.75) is 0 Å². The molecule has 6 aliphatic heterocycles. The second kappa shape index (κ2) is 5.50. The van der Waals surface area contributed by atoms with Crippen molar-refractivity contribution < 1.29 is 4.74 Å². The van der Waals surface area contributed by atoms with Gasteiger partial charge in [0.25, 0.3) is 0 Å². The maximum absolute atomic E-state index is 6.47. The first kappa shape index (κ1) is 18.7. The monoisotopic (exact) mass is 484 g/mol. The van der Waals surface area contributed by atoms with Crippen molar-refractivity contribution in [3.05, 3.63) is 78.9 Å². The van der Waals surface area contributed by atoms with Crippen LogP contribution in [-0.2, 0) is 0 Å². The SMILES string of the molecule is [B]1B2[B-]P12(N=[P+]1B2[B-]B21)c1ccc2c3c1c1ccccc1n3-c1cccc3c1B2c1ccccc1O3. The van der Waals surface area contributed by atoms with Crippen molar-refractivity contribution in [1.82, 2.24) is 4.57 Å². The molecule has 1 aromatic heterocycles. The van der Waals surface area contributed by atoms with E-state index in [9.17, 15) is 0 Å². The number of rotatable bonds is 2. The molecule has 157 valence electrons. The van der Waals surface area contributed by atoms with Crippen molar-refractivity contribution in [2.75, 3.05) is 0 Å². The Balaban J connectivity index is 1.32. The molecule has 0 bridgehead atoms. The molecular formula is C24H13B7N2OP2-. The second-order valence-electron chi connectivity index (χ2n) is 11.2. The number of nitrogens with zero attached hydrogens (tertiary/aromatic N) is 2. The number of benzene rings is 4. The minimum atomic E-state index is -2.30. The quantitative estimate of drug-likeness (QED) is 0.275. The van der Waals surface area contributed by atoms with Gasteiger partial charge in [-0.2, -0.15) is 0 Å². The van der Waals surface area contributed by atoms with E-state index in [1.807, 2.05) is 0 Å². The summed E-state index contributed by atoms with van der Waals surface area (Å²) in [6, 6.07) is 29.1. The fourth-order valence-corrected chi connectivity index (χ4v) is 16.7. The summed E-state index contributed by atoms with van der Waals surface area (Å²) in [5.74, 6) is 1.96. The van der Waals surface area contributed by atoms with E-state index < -0.39 is 6.39 Å².